The van der Waals surface area contributed by atoms with Gasteiger partial charge >= 0.3 is 0 Å². The lowest BCUT2D eigenvalue weighted by molar-refractivity contribution is -0.000161. The first kappa shape index (κ1) is 13.6. The van der Waals surface area contributed by atoms with E-state index >= 15 is 0 Å². The van der Waals surface area contributed by atoms with Crippen LogP contribution in [0.1, 0.15) is 40.0 Å². The van der Waals surface area contributed by atoms with Gasteiger partial charge in [-0.25, -0.2) is 8.78 Å². The average Bonchev–Trinajstić information content (AvgIpc) is 2.15. The zero-order chi connectivity index (χ0) is 12.2. The molecule has 0 radical (unpaired) electrons. The van der Waals surface area contributed by atoms with Crippen molar-refractivity contribution in [1.29, 1.82) is 0 Å². The van der Waals surface area contributed by atoms with Crippen molar-refractivity contribution in [2.24, 2.45) is 11.3 Å². The van der Waals surface area contributed by atoms with Gasteiger partial charge in [-0.05, 0) is 25.8 Å². The van der Waals surface area contributed by atoms with Crippen LogP contribution in [0.5, 0.6) is 0 Å². The fraction of sp³-hybridized carbons (Fsp3) is 0.846. The molecule has 94 valence electrons. The smallest absolute Gasteiger partial charge is 0.268 e. The van der Waals surface area contributed by atoms with Crippen molar-refractivity contribution in [3.8, 4) is 0 Å². The average molecular weight is 232 g/mol. The van der Waals surface area contributed by atoms with Crippen molar-refractivity contribution < 1.29 is 13.5 Å². The Morgan fingerprint density at radius 3 is 2.38 bits per heavy atom. The highest BCUT2D eigenvalue weighted by Gasteiger charge is 2.37. The summed E-state index contributed by atoms with van der Waals surface area (Å²) < 4.78 is 32.2. The molecule has 1 fully saturated rings. The molecule has 0 unspecified atom stereocenters. The summed E-state index contributed by atoms with van der Waals surface area (Å²) in [5, 5.41) is 0. The lowest BCUT2D eigenvalue weighted by Crippen LogP contribution is -2.33. The molecular weight excluding hydrogens is 210 g/mol. The molecule has 0 amide bonds. The van der Waals surface area contributed by atoms with Crippen molar-refractivity contribution in [2.45, 2.75) is 46.0 Å². The molecule has 1 rings (SSSR count). The van der Waals surface area contributed by atoms with Crippen LogP contribution >= 0.6 is 0 Å². The van der Waals surface area contributed by atoms with E-state index in [-0.39, 0.29) is 5.41 Å². The van der Waals surface area contributed by atoms with Crippen molar-refractivity contribution in [3.63, 3.8) is 0 Å². The van der Waals surface area contributed by atoms with Crippen LogP contribution in [0.2, 0.25) is 0 Å². The normalized spacial score (nSPS) is 20.4. The molecule has 0 heterocycles. The van der Waals surface area contributed by atoms with E-state index < -0.39 is 11.8 Å². The van der Waals surface area contributed by atoms with E-state index in [0.29, 0.717) is 13.2 Å². The van der Waals surface area contributed by atoms with E-state index in [1.54, 1.807) is 19.9 Å². The number of allylic oxidation sites excluding steroid dienone is 1. The summed E-state index contributed by atoms with van der Waals surface area (Å²) in [6, 6.07) is 0. The number of hydrogen-bond acceptors (Lipinski definition) is 1. The first-order valence-corrected chi connectivity index (χ1v) is 6.08. The highest BCUT2D eigenvalue weighted by atomic mass is 19.3. The predicted octanol–water partition coefficient (Wildman–Crippen LogP) is 4.04. The molecule has 3 heteroatoms. The summed E-state index contributed by atoms with van der Waals surface area (Å²) in [5.74, 6) is -3.34. The lowest BCUT2D eigenvalue weighted by Gasteiger charge is -2.39. The van der Waals surface area contributed by atoms with E-state index in [2.05, 4.69) is 0 Å². The van der Waals surface area contributed by atoms with Gasteiger partial charge in [-0.3, -0.25) is 0 Å². The molecule has 0 aliphatic heterocycles. The third-order valence-electron chi connectivity index (χ3n) is 3.37. The van der Waals surface area contributed by atoms with E-state index in [9.17, 15) is 8.78 Å². The Bertz CT molecular complexity index is 242. The van der Waals surface area contributed by atoms with Gasteiger partial charge in [0.05, 0.1) is 6.61 Å². The molecule has 0 bridgehead atoms. The summed E-state index contributed by atoms with van der Waals surface area (Å²) in [4.78, 5) is 0. The topological polar surface area (TPSA) is 9.23 Å². The second-order valence-electron chi connectivity index (χ2n) is 5.02. The van der Waals surface area contributed by atoms with Gasteiger partial charge in [0.15, 0.2) is 0 Å². The van der Waals surface area contributed by atoms with Gasteiger partial charge in [-0.1, -0.05) is 26.3 Å². The number of ether oxygens (including phenoxy) is 1. The highest BCUT2D eigenvalue weighted by molar-refractivity contribution is 5.09. The van der Waals surface area contributed by atoms with Gasteiger partial charge in [0, 0.05) is 17.9 Å². The summed E-state index contributed by atoms with van der Waals surface area (Å²) >= 11 is 0. The van der Waals surface area contributed by atoms with E-state index in [1.807, 2.05) is 6.92 Å². The van der Waals surface area contributed by atoms with Crippen LogP contribution in [0.3, 0.4) is 0 Å². The van der Waals surface area contributed by atoms with E-state index in [1.165, 1.54) is 0 Å². The van der Waals surface area contributed by atoms with Crippen molar-refractivity contribution >= 4 is 0 Å². The molecule has 16 heavy (non-hydrogen) atoms. The zero-order valence-corrected chi connectivity index (χ0v) is 10.4. The van der Waals surface area contributed by atoms with Crippen LogP contribution in [-0.2, 0) is 4.74 Å². The highest BCUT2D eigenvalue weighted by Crippen LogP contribution is 2.43. The molecule has 0 saturated heterocycles. The standard InChI is InChI=1S/C13H22F2O/c1-4-16-10-12(6-5-7-12)8-9-13(14,15)11(2)3/h8-9,11H,4-7,10H2,1-3H3/b9-8+. The molecule has 0 N–H and O–H groups in total. The molecule has 0 aromatic heterocycles. The number of halogens is 2. The number of hydrogen-bond donors (Lipinski definition) is 0. The quantitative estimate of drug-likeness (QED) is 0.628. The molecule has 0 atom stereocenters. The van der Waals surface area contributed by atoms with Crippen LogP contribution in [0.25, 0.3) is 0 Å². The van der Waals surface area contributed by atoms with Gasteiger partial charge < -0.3 is 4.74 Å². The Balaban J connectivity index is 2.59. The van der Waals surface area contributed by atoms with Crippen molar-refractivity contribution in [3.05, 3.63) is 12.2 Å². The second kappa shape index (κ2) is 5.26. The van der Waals surface area contributed by atoms with Crippen LogP contribution in [0.4, 0.5) is 8.78 Å². The van der Waals surface area contributed by atoms with Crippen LogP contribution in [0, 0.1) is 11.3 Å². The maximum atomic E-state index is 13.4. The Morgan fingerprint density at radius 2 is 2.00 bits per heavy atom. The third-order valence-corrected chi connectivity index (χ3v) is 3.37. The largest absolute Gasteiger partial charge is 0.381 e. The maximum Gasteiger partial charge on any atom is 0.268 e. The third kappa shape index (κ3) is 3.27. The monoisotopic (exact) mass is 232 g/mol. The summed E-state index contributed by atoms with van der Waals surface area (Å²) in [6.45, 7) is 6.24. The molecule has 1 aliphatic carbocycles. The molecular formula is C13H22F2O. The zero-order valence-electron chi connectivity index (χ0n) is 10.4. The summed E-state index contributed by atoms with van der Waals surface area (Å²) in [6.07, 6.45) is 5.82. The van der Waals surface area contributed by atoms with Gasteiger partial charge in [0.2, 0.25) is 0 Å². The molecule has 1 nitrogen and oxygen atoms in total. The fourth-order valence-electron chi connectivity index (χ4n) is 1.78. The molecule has 0 aromatic carbocycles. The molecule has 0 spiro atoms. The number of alkyl halides is 2. The van der Waals surface area contributed by atoms with Crippen LogP contribution in [0.15, 0.2) is 12.2 Å². The minimum absolute atomic E-state index is 0.117. The van der Waals surface area contributed by atoms with Crippen LogP contribution in [-0.4, -0.2) is 19.1 Å². The summed E-state index contributed by atoms with van der Waals surface area (Å²) in [7, 11) is 0. The lowest BCUT2D eigenvalue weighted by atomic mass is 9.69. The van der Waals surface area contributed by atoms with Gasteiger partial charge in [0.1, 0.15) is 0 Å². The molecule has 1 aliphatic rings. The fourth-order valence-corrected chi connectivity index (χ4v) is 1.78. The summed E-state index contributed by atoms with van der Waals surface area (Å²) in [5.41, 5.74) is -0.117. The minimum Gasteiger partial charge on any atom is -0.381 e. The minimum atomic E-state index is -2.70. The van der Waals surface area contributed by atoms with Crippen LogP contribution < -0.4 is 0 Å². The van der Waals surface area contributed by atoms with Crippen molar-refractivity contribution in [1.82, 2.24) is 0 Å². The Morgan fingerprint density at radius 1 is 1.38 bits per heavy atom. The Kier molecular flexibility index (Phi) is 4.48. The van der Waals surface area contributed by atoms with E-state index in [4.69, 9.17) is 4.74 Å². The van der Waals surface area contributed by atoms with E-state index in [0.717, 1.165) is 25.3 Å². The molecule has 0 aromatic rings. The Hall–Kier alpha value is -0.440. The SMILES string of the molecule is CCOCC1(/C=C/C(F)(F)C(C)C)CCC1. The van der Waals surface area contributed by atoms with Gasteiger partial charge in [-0.15, -0.1) is 0 Å². The number of rotatable bonds is 6. The predicted molar refractivity (Wildman–Crippen MR) is 61.7 cm³/mol. The first-order chi connectivity index (χ1) is 7.42. The second-order valence-corrected chi connectivity index (χ2v) is 5.02. The maximum absolute atomic E-state index is 13.4. The van der Waals surface area contributed by atoms with Gasteiger partial charge in [-0.2, -0.15) is 0 Å². The van der Waals surface area contributed by atoms with Gasteiger partial charge in [0.25, 0.3) is 5.92 Å². The first-order valence-electron chi connectivity index (χ1n) is 6.08. The Labute approximate surface area is 96.9 Å². The van der Waals surface area contributed by atoms with Crippen molar-refractivity contribution in [2.75, 3.05) is 13.2 Å². The molecule has 1 saturated carbocycles.